The van der Waals surface area contributed by atoms with Crippen molar-refractivity contribution in [2.45, 2.75) is 33.4 Å². The number of fused-ring (bicyclic) bond motifs is 2. The monoisotopic (exact) mass is 916 g/mol. The zero-order chi connectivity index (χ0) is 44.8. The Bertz CT molecular complexity index is 3250. The minimum atomic E-state index is -5.19. The summed E-state index contributed by atoms with van der Waals surface area (Å²) in [6, 6.07) is 14.2. The van der Waals surface area contributed by atoms with Gasteiger partial charge in [-0.15, -0.1) is 14.6 Å². The molecule has 0 unspecified atom stereocenters. The summed E-state index contributed by atoms with van der Waals surface area (Å²) in [6.45, 7) is 3.11. The van der Waals surface area contributed by atoms with Crippen LogP contribution >= 0.6 is 12.0 Å². The lowest BCUT2D eigenvalue weighted by atomic mass is 10.1. The van der Waals surface area contributed by atoms with Crippen LogP contribution in [0.4, 0.5) is 45.5 Å². The minimum absolute atomic E-state index is 0.00197. The first-order valence-electron chi connectivity index (χ1n) is 16.5. The summed E-state index contributed by atoms with van der Waals surface area (Å²) < 4.78 is 106. The zero-order valence-electron chi connectivity index (χ0n) is 30.8. The molecule has 0 heterocycles. The number of anilines is 2. The second-order valence-electron chi connectivity index (χ2n) is 12.7. The normalized spacial score (nSPS) is 13.0. The van der Waals surface area contributed by atoms with Gasteiger partial charge in [-0.25, -0.2) is 5.26 Å². The maximum Gasteiger partial charge on any atom is 0.296 e. The smallest absolute Gasteiger partial charge is 0.296 e. The summed E-state index contributed by atoms with van der Waals surface area (Å²) in [5.74, 6) is -1.63. The fourth-order valence-corrected chi connectivity index (χ4v) is 8.42. The Labute approximate surface area is 347 Å². The Balaban J connectivity index is 1.30. The average Bonchev–Trinajstić information content (AvgIpc) is 3.15. The fourth-order valence-electron chi connectivity index (χ4n) is 5.93. The molecule has 27 heteroatoms. The predicted octanol–water partition coefficient (Wildman–Crippen LogP) is 8.11. The van der Waals surface area contributed by atoms with Gasteiger partial charge < -0.3 is 26.9 Å². The van der Waals surface area contributed by atoms with Crippen LogP contribution in [0.5, 0.6) is 11.5 Å². The molecule has 0 aliphatic carbocycles. The Morgan fingerprint density at radius 3 is 1.64 bits per heavy atom. The summed E-state index contributed by atoms with van der Waals surface area (Å²) >= 11 is 0.316. The third kappa shape index (κ3) is 9.05. The topological polar surface area (TPSA) is 382 Å². The molecule has 10 N–H and O–H groups in total. The summed E-state index contributed by atoms with van der Waals surface area (Å²) in [4.78, 5) is -2.30. The fraction of sp³-hybridized carbons (Fsp3) is 0.0588. The van der Waals surface area contributed by atoms with Gasteiger partial charge in [0, 0.05) is 39.4 Å². The van der Waals surface area contributed by atoms with E-state index < -0.39 is 73.0 Å². The van der Waals surface area contributed by atoms with Gasteiger partial charge >= 0.3 is 0 Å². The molecular formula is C34H28N8O15S4. The van der Waals surface area contributed by atoms with Crippen molar-refractivity contribution in [3.63, 3.8) is 0 Å². The molecular weight excluding hydrogens is 889 g/mol. The highest BCUT2D eigenvalue weighted by Gasteiger charge is 2.27. The number of nitrogens with two attached hydrogens (primary N) is 2. The van der Waals surface area contributed by atoms with Crippen molar-refractivity contribution >= 4 is 109 Å². The molecule has 0 amide bonds. The van der Waals surface area contributed by atoms with E-state index in [0.717, 1.165) is 30.3 Å². The van der Waals surface area contributed by atoms with Gasteiger partial charge in [0.1, 0.15) is 31.7 Å². The maximum atomic E-state index is 13.1. The summed E-state index contributed by atoms with van der Waals surface area (Å²) in [5, 5.41) is 66.2. The van der Waals surface area contributed by atoms with Gasteiger partial charge in [-0.3, -0.25) is 13.7 Å². The summed E-state index contributed by atoms with van der Waals surface area (Å²) in [6.07, 6.45) is 0. The molecule has 0 bridgehead atoms. The van der Waals surface area contributed by atoms with Gasteiger partial charge in [-0.05, 0) is 85.6 Å². The van der Waals surface area contributed by atoms with Crippen LogP contribution in [0.3, 0.4) is 0 Å². The van der Waals surface area contributed by atoms with Crippen molar-refractivity contribution in [2.75, 3.05) is 11.5 Å². The highest BCUT2D eigenvalue weighted by Crippen LogP contribution is 2.48. The molecule has 0 aliphatic rings. The molecule has 0 spiro atoms. The molecule has 6 rings (SSSR count). The number of benzene rings is 6. The maximum absolute atomic E-state index is 13.1. The lowest BCUT2D eigenvalue weighted by Crippen LogP contribution is -2.04. The quantitative estimate of drug-likeness (QED) is 0.0109. The van der Waals surface area contributed by atoms with Crippen molar-refractivity contribution in [1.82, 2.24) is 0 Å². The van der Waals surface area contributed by atoms with E-state index in [2.05, 4.69) is 34.9 Å². The Hall–Kier alpha value is -6.40. The first-order chi connectivity index (χ1) is 28.5. The van der Waals surface area contributed by atoms with Crippen LogP contribution in [0.15, 0.2) is 118 Å². The van der Waals surface area contributed by atoms with Crippen molar-refractivity contribution in [3.05, 3.63) is 89.1 Å². The second kappa shape index (κ2) is 16.6. The number of hydrogen-bond acceptors (Lipinski definition) is 20. The van der Waals surface area contributed by atoms with E-state index >= 15 is 0 Å². The van der Waals surface area contributed by atoms with Crippen LogP contribution < -0.4 is 11.5 Å². The van der Waals surface area contributed by atoms with E-state index in [1.807, 2.05) is 0 Å². The number of azo groups is 3. The average molecular weight is 917 g/mol. The molecule has 6 aromatic rings. The molecule has 0 aromatic heterocycles. The highest BCUT2D eigenvalue weighted by molar-refractivity contribution is 7.94. The third-order valence-electron chi connectivity index (χ3n) is 8.71. The Morgan fingerprint density at radius 1 is 0.639 bits per heavy atom. The molecule has 0 aliphatic heterocycles. The number of aromatic hydroxyl groups is 2. The lowest BCUT2D eigenvalue weighted by molar-refractivity contribution is -0.435. The first kappa shape index (κ1) is 44.2. The summed E-state index contributed by atoms with van der Waals surface area (Å²) in [7, 11) is -14.9. The minimum Gasteiger partial charge on any atom is -0.594 e. The van der Waals surface area contributed by atoms with Gasteiger partial charge in [0.05, 0.1) is 39.1 Å². The largest absolute Gasteiger partial charge is 0.594 e. The van der Waals surface area contributed by atoms with Crippen molar-refractivity contribution in [1.29, 1.82) is 0 Å². The van der Waals surface area contributed by atoms with E-state index in [-0.39, 0.29) is 60.3 Å². The molecule has 0 saturated carbocycles. The zero-order valence-corrected chi connectivity index (χ0v) is 34.0. The van der Waals surface area contributed by atoms with E-state index in [4.69, 9.17) is 16.7 Å². The number of aryl methyl sites for hydroxylation is 2. The van der Waals surface area contributed by atoms with Crippen molar-refractivity contribution in [3.8, 4) is 11.5 Å². The summed E-state index contributed by atoms with van der Waals surface area (Å²) in [5.41, 5.74) is 11.7. The molecule has 0 fully saturated rings. The van der Waals surface area contributed by atoms with Crippen LogP contribution in [-0.2, 0) is 39.7 Å². The van der Waals surface area contributed by atoms with Gasteiger partial charge in [0.25, 0.3) is 30.4 Å². The standard InChI is InChI=1S/C34H28N8O15S4/c1-15-11-17(3-7-23(15)37-39-31-25(58-57-56-46)13-19-26(59(47,48)49)9-5-21(35)29(19)33(31)43)41-42(45)18-4-8-24(16(2)12-18)38-40-32-28(61(53,54)55)14-20-27(60(50,51)52)10-6-22(36)30(20)34(32)44/h3-14,43-44,46H,35-36H2,1-2H3,(H,47,48,49)(H,50,51,52)(H,53,54,55). The van der Waals surface area contributed by atoms with E-state index in [0.29, 0.717) is 29.2 Å². The van der Waals surface area contributed by atoms with E-state index in [1.54, 1.807) is 6.92 Å². The van der Waals surface area contributed by atoms with Crippen LogP contribution in [-0.4, -0.2) is 59.2 Å². The molecule has 23 nitrogen and oxygen atoms in total. The van der Waals surface area contributed by atoms with Gasteiger partial charge in [-0.2, -0.15) is 35.5 Å². The lowest BCUT2D eigenvalue weighted by Gasteiger charge is -2.13. The SMILES string of the molecule is Cc1cc(N=[N+]([O-])c2ccc(N=Nc3c(S(=O)(=O)O)cc4c(S(=O)(=O)O)ccc(N)c4c3O)c(C)c2)ccc1N=Nc1c(SOOO)cc2c(S(=O)(=O)O)ccc(N)c2c1O. The Morgan fingerprint density at radius 2 is 1.13 bits per heavy atom. The van der Waals surface area contributed by atoms with Gasteiger partial charge in [-0.1, -0.05) is 9.90 Å². The van der Waals surface area contributed by atoms with Crippen LogP contribution in [0.1, 0.15) is 11.1 Å². The number of phenolic OH excluding ortho intramolecular Hbond substituents is 2. The molecule has 0 atom stereocenters. The van der Waals surface area contributed by atoms with E-state index in [1.165, 1.54) is 43.3 Å². The highest BCUT2D eigenvalue weighted by atomic mass is 32.2. The number of rotatable bonds is 12. The third-order valence-corrected chi connectivity index (χ3v) is 12.0. The van der Waals surface area contributed by atoms with Crippen LogP contribution in [0.25, 0.3) is 21.5 Å². The molecule has 318 valence electrons. The van der Waals surface area contributed by atoms with E-state index in [9.17, 15) is 54.3 Å². The Kier molecular flexibility index (Phi) is 12.0. The van der Waals surface area contributed by atoms with Gasteiger partial charge in [0.2, 0.25) is 5.69 Å². The number of nitrogens with zero attached hydrogens (tertiary/aromatic N) is 6. The molecule has 61 heavy (non-hydrogen) atoms. The molecule has 6 aromatic carbocycles. The van der Waals surface area contributed by atoms with Gasteiger partial charge in [0.15, 0.2) is 11.5 Å². The van der Waals surface area contributed by atoms with Crippen molar-refractivity contribution in [2.24, 2.45) is 25.6 Å². The van der Waals surface area contributed by atoms with Crippen LogP contribution in [0.2, 0.25) is 0 Å². The predicted molar refractivity (Wildman–Crippen MR) is 216 cm³/mol. The second-order valence-corrected chi connectivity index (χ2v) is 17.6. The number of phenols is 2. The van der Waals surface area contributed by atoms with Crippen molar-refractivity contribution < 1.29 is 68.6 Å². The molecule has 0 saturated heterocycles. The first-order valence-corrected chi connectivity index (χ1v) is 21.5. The molecule has 0 radical (unpaired) electrons. The van der Waals surface area contributed by atoms with Crippen LogP contribution in [0, 0.1) is 19.1 Å². The number of nitrogen functional groups attached to an aromatic ring is 2. The number of hydrogen-bond donors (Lipinski definition) is 8.